The average Bonchev–Trinajstić information content (AvgIpc) is 2.76. The van der Waals surface area contributed by atoms with Gasteiger partial charge in [-0.3, -0.25) is 9.59 Å². The first-order chi connectivity index (χ1) is 15.1. The SMILES string of the molecule is CCCCCCCCCCCCCCCCCC(=O)NCCCC[C@H](N)C(=O)SCC. The van der Waals surface area contributed by atoms with E-state index < -0.39 is 0 Å². The Morgan fingerprint density at radius 3 is 1.68 bits per heavy atom. The fourth-order valence-electron chi connectivity index (χ4n) is 3.83. The lowest BCUT2D eigenvalue weighted by Crippen LogP contribution is -2.29. The molecule has 0 aliphatic rings. The van der Waals surface area contributed by atoms with Crippen molar-refractivity contribution in [2.45, 2.75) is 142 Å². The molecule has 3 N–H and O–H groups in total. The molecule has 0 fully saturated rings. The second-order valence-electron chi connectivity index (χ2n) is 8.90. The molecule has 0 bridgehead atoms. The van der Waals surface area contributed by atoms with E-state index in [4.69, 9.17) is 5.73 Å². The van der Waals surface area contributed by atoms with Crippen molar-refractivity contribution >= 4 is 22.8 Å². The van der Waals surface area contributed by atoms with Crippen LogP contribution in [0.25, 0.3) is 0 Å². The van der Waals surface area contributed by atoms with E-state index in [2.05, 4.69) is 12.2 Å². The zero-order valence-corrected chi connectivity index (χ0v) is 21.5. The Bertz CT molecular complexity index is 418. The molecule has 31 heavy (non-hydrogen) atoms. The van der Waals surface area contributed by atoms with E-state index in [1.165, 1.54) is 95.2 Å². The Morgan fingerprint density at radius 2 is 1.19 bits per heavy atom. The van der Waals surface area contributed by atoms with Gasteiger partial charge in [-0.15, -0.1) is 0 Å². The normalized spacial score (nSPS) is 12.1. The lowest BCUT2D eigenvalue weighted by Gasteiger charge is -2.09. The van der Waals surface area contributed by atoms with E-state index in [0.29, 0.717) is 19.4 Å². The summed E-state index contributed by atoms with van der Waals surface area (Å²) in [5, 5.41) is 3.07. The molecule has 0 rings (SSSR count). The third-order valence-electron chi connectivity index (χ3n) is 5.86. The summed E-state index contributed by atoms with van der Waals surface area (Å²) >= 11 is 1.30. The highest BCUT2D eigenvalue weighted by Crippen LogP contribution is 2.14. The molecule has 0 radical (unpaired) electrons. The van der Waals surface area contributed by atoms with Crippen molar-refractivity contribution < 1.29 is 9.59 Å². The fraction of sp³-hybridized carbons (Fsp3) is 0.923. The molecule has 0 aliphatic carbocycles. The highest BCUT2D eigenvalue weighted by atomic mass is 32.2. The van der Waals surface area contributed by atoms with E-state index >= 15 is 0 Å². The molecule has 0 saturated carbocycles. The molecule has 0 unspecified atom stereocenters. The van der Waals surface area contributed by atoms with Crippen molar-refractivity contribution in [1.29, 1.82) is 0 Å². The van der Waals surface area contributed by atoms with Gasteiger partial charge >= 0.3 is 0 Å². The van der Waals surface area contributed by atoms with Gasteiger partial charge in [0, 0.05) is 13.0 Å². The van der Waals surface area contributed by atoms with Crippen LogP contribution in [0, 0.1) is 0 Å². The van der Waals surface area contributed by atoms with E-state index in [9.17, 15) is 9.59 Å². The first-order valence-corrected chi connectivity index (χ1v) is 14.3. The van der Waals surface area contributed by atoms with Gasteiger partial charge in [-0.2, -0.15) is 0 Å². The van der Waals surface area contributed by atoms with Gasteiger partial charge in [-0.05, 0) is 31.4 Å². The lowest BCUT2D eigenvalue weighted by atomic mass is 10.0. The molecular formula is C26H52N2O2S. The molecule has 5 heteroatoms. The Balaban J connectivity index is 3.27. The van der Waals surface area contributed by atoms with Gasteiger partial charge in [-0.1, -0.05) is 116 Å². The molecule has 0 heterocycles. The molecule has 4 nitrogen and oxygen atoms in total. The van der Waals surface area contributed by atoms with Crippen LogP contribution in [-0.4, -0.2) is 29.4 Å². The van der Waals surface area contributed by atoms with Gasteiger partial charge in [0.15, 0.2) is 0 Å². The number of nitrogens with one attached hydrogen (secondary N) is 1. The smallest absolute Gasteiger partial charge is 0.219 e. The summed E-state index contributed by atoms with van der Waals surface area (Å²) in [4.78, 5) is 23.5. The molecule has 0 aromatic carbocycles. The summed E-state index contributed by atoms with van der Waals surface area (Å²) < 4.78 is 0. The number of nitrogens with two attached hydrogens (primary N) is 1. The lowest BCUT2D eigenvalue weighted by molar-refractivity contribution is -0.121. The first kappa shape index (κ1) is 30.4. The number of hydrogen-bond acceptors (Lipinski definition) is 4. The van der Waals surface area contributed by atoms with Gasteiger partial charge in [0.05, 0.1) is 6.04 Å². The Kier molecular flexibility index (Phi) is 23.7. The molecule has 0 aromatic heterocycles. The Labute approximate surface area is 197 Å². The zero-order chi connectivity index (χ0) is 23.0. The molecule has 1 amide bonds. The van der Waals surface area contributed by atoms with Crippen LogP contribution in [0.3, 0.4) is 0 Å². The second kappa shape index (κ2) is 24.1. The predicted octanol–water partition coefficient (Wildman–Crippen LogP) is 7.14. The van der Waals surface area contributed by atoms with Crippen LogP contribution in [0.5, 0.6) is 0 Å². The Hall–Kier alpha value is -0.550. The third-order valence-corrected chi connectivity index (χ3v) is 6.74. The Morgan fingerprint density at radius 1 is 0.710 bits per heavy atom. The quantitative estimate of drug-likeness (QED) is 0.160. The first-order valence-electron chi connectivity index (χ1n) is 13.3. The molecule has 184 valence electrons. The topological polar surface area (TPSA) is 72.2 Å². The van der Waals surface area contributed by atoms with E-state index in [0.717, 1.165) is 31.4 Å². The maximum absolute atomic E-state index is 11.9. The molecule has 0 aliphatic heterocycles. The number of unbranched alkanes of at least 4 members (excludes halogenated alkanes) is 15. The van der Waals surface area contributed by atoms with Crippen molar-refractivity contribution in [2.75, 3.05) is 12.3 Å². The van der Waals surface area contributed by atoms with Crippen molar-refractivity contribution in [1.82, 2.24) is 5.32 Å². The summed E-state index contributed by atoms with van der Waals surface area (Å²) in [5.74, 6) is 0.943. The summed E-state index contributed by atoms with van der Waals surface area (Å²) in [7, 11) is 0. The number of amides is 1. The molecule has 0 saturated heterocycles. The van der Waals surface area contributed by atoms with E-state index in [1.807, 2.05) is 6.92 Å². The summed E-state index contributed by atoms with van der Waals surface area (Å²) in [6.45, 7) is 4.93. The van der Waals surface area contributed by atoms with Gasteiger partial charge in [-0.25, -0.2) is 0 Å². The minimum atomic E-state index is -0.360. The monoisotopic (exact) mass is 456 g/mol. The number of rotatable bonds is 23. The summed E-state index contributed by atoms with van der Waals surface area (Å²) in [5.41, 5.74) is 5.86. The summed E-state index contributed by atoms with van der Waals surface area (Å²) in [6.07, 6.45) is 23.3. The number of hydrogen-bond donors (Lipinski definition) is 2. The second-order valence-corrected chi connectivity index (χ2v) is 10.2. The van der Waals surface area contributed by atoms with Crippen LogP contribution in [0.1, 0.15) is 136 Å². The molecular weight excluding hydrogens is 404 g/mol. The van der Waals surface area contributed by atoms with Crippen molar-refractivity contribution in [3.8, 4) is 0 Å². The minimum absolute atomic E-state index is 0.0831. The van der Waals surface area contributed by atoms with Gasteiger partial charge in [0.2, 0.25) is 11.0 Å². The van der Waals surface area contributed by atoms with Crippen LogP contribution in [0.15, 0.2) is 0 Å². The maximum atomic E-state index is 11.9. The number of carbonyl (C=O) groups is 2. The highest BCUT2D eigenvalue weighted by molar-refractivity contribution is 8.13. The van der Waals surface area contributed by atoms with Crippen LogP contribution in [0.4, 0.5) is 0 Å². The van der Waals surface area contributed by atoms with Crippen LogP contribution in [0.2, 0.25) is 0 Å². The molecule has 0 spiro atoms. The predicted molar refractivity (Wildman–Crippen MR) is 138 cm³/mol. The standard InChI is InChI=1S/C26H52N2O2S/c1-3-5-6-7-8-9-10-11-12-13-14-15-16-17-18-22-25(29)28-23-20-19-21-24(27)26(30)31-4-2/h24H,3-23,27H2,1-2H3,(H,28,29)/t24-/m0/s1. The van der Waals surface area contributed by atoms with Crippen LogP contribution < -0.4 is 11.1 Å². The van der Waals surface area contributed by atoms with Crippen molar-refractivity contribution in [3.63, 3.8) is 0 Å². The van der Waals surface area contributed by atoms with Gasteiger partial charge in [0.25, 0.3) is 0 Å². The zero-order valence-electron chi connectivity index (χ0n) is 20.7. The average molecular weight is 457 g/mol. The van der Waals surface area contributed by atoms with Crippen LogP contribution >= 0.6 is 11.8 Å². The highest BCUT2D eigenvalue weighted by Gasteiger charge is 2.12. The van der Waals surface area contributed by atoms with Crippen molar-refractivity contribution in [2.24, 2.45) is 5.73 Å². The molecule has 0 aromatic rings. The fourth-order valence-corrected chi connectivity index (χ4v) is 4.45. The number of thioether (sulfide) groups is 1. The minimum Gasteiger partial charge on any atom is -0.356 e. The summed E-state index contributed by atoms with van der Waals surface area (Å²) in [6, 6.07) is -0.360. The maximum Gasteiger partial charge on any atom is 0.219 e. The van der Waals surface area contributed by atoms with Crippen molar-refractivity contribution in [3.05, 3.63) is 0 Å². The third kappa shape index (κ3) is 22.4. The van der Waals surface area contributed by atoms with Gasteiger partial charge in [0.1, 0.15) is 0 Å². The van der Waals surface area contributed by atoms with Gasteiger partial charge < -0.3 is 11.1 Å². The van der Waals surface area contributed by atoms with Crippen LogP contribution in [-0.2, 0) is 9.59 Å². The van der Waals surface area contributed by atoms with E-state index in [-0.39, 0.29) is 17.1 Å². The largest absolute Gasteiger partial charge is 0.356 e. The van der Waals surface area contributed by atoms with E-state index in [1.54, 1.807) is 0 Å². The number of carbonyl (C=O) groups excluding carboxylic acids is 2. The molecule has 1 atom stereocenters.